The first-order chi connectivity index (χ1) is 8.58. The number of benzene rings is 1. The van der Waals surface area contributed by atoms with Crippen LogP contribution in [0.3, 0.4) is 0 Å². The van der Waals surface area contributed by atoms with Gasteiger partial charge in [-0.05, 0) is 24.3 Å². The maximum absolute atomic E-state index is 11.0. The molecule has 2 rings (SSSR count). The fourth-order valence-corrected chi connectivity index (χ4v) is 2.14. The monoisotopic (exact) mass is 326 g/mol. The van der Waals surface area contributed by atoms with Gasteiger partial charge in [-0.15, -0.1) is 0 Å². The minimum Gasteiger partial charge on any atom is -0.478 e. The molecule has 1 aromatic heterocycles. The van der Waals surface area contributed by atoms with Crippen molar-refractivity contribution in [2.75, 3.05) is 5.32 Å². The molecule has 0 aliphatic carbocycles. The number of carboxylic acid groups (broad SMARTS) is 1. The molecule has 18 heavy (non-hydrogen) atoms. The molecule has 0 fully saturated rings. The van der Waals surface area contributed by atoms with Gasteiger partial charge in [-0.1, -0.05) is 27.5 Å². The molecular formula is C12H8BrClN2O2. The number of pyridine rings is 1. The summed E-state index contributed by atoms with van der Waals surface area (Å²) in [6.07, 6.45) is 2.87. The average molecular weight is 328 g/mol. The Bertz CT molecular complexity index is 604. The van der Waals surface area contributed by atoms with Gasteiger partial charge in [0.05, 0.1) is 28.2 Å². The molecule has 2 aromatic rings. The number of hydrogen-bond acceptors (Lipinski definition) is 3. The van der Waals surface area contributed by atoms with Crippen LogP contribution in [0.2, 0.25) is 5.02 Å². The molecule has 0 radical (unpaired) electrons. The summed E-state index contributed by atoms with van der Waals surface area (Å²) >= 11 is 9.35. The van der Waals surface area contributed by atoms with Gasteiger partial charge in [-0.25, -0.2) is 4.79 Å². The number of anilines is 2. The summed E-state index contributed by atoms with van der Waals surface area (Å²) in [5, 5.41) is 12.5. The second-order valence-corrected chi connectivity index (χ2v) is 4.80. The number of nitrogens with one attached hydrogen (secondary N) is 1. The lowest BCUT2D eigenvalue weighted by Gasteiger charge is -2.10. The summed E-state index contributed by atoms with van der Waals surface area (Å²) in [5.74, 6) is -1.02. The van der Waals surface area contributed by atoms with Gasteiger partial charge in [0.1, 0.15) is 0 Å². The van der Waals surface area contributed by atoms with Gasteiger partial charge in [-0.2, -0.15) is 0 Å². The Morgan fingerprint density at radius 3 is 2.78 bits per heavy atom. The molecule has 1 heterocycles. The molecule has 0 aliphatic heterocycles. The lowest BCUT2D eigenvalue weighted by Crippen LogP contribution is -2.03. The molecule has 4 nitrogen and oxygen atoms in total. The summed E-state index contributed by atoms with van der Waals surface area (Å²) in [4.78, 5) is 14.9. The van der Waals surface area contributed by atoms with E-state index in [1.807, 2.05) is 6.07 Å². The van der Waals surface area contributed by atoms with Crippen molar-refractivity contribution in [1.82, 2.24) is 4.98 Å². The van der Waals surface area contributed by atoms with Gasteiger partial charge in [0, 0.05) is 10.7 Å². The quantitative estimate of drug-likeness (QED) is 0.896. The first kappa shape index (κ1) is 12.9. The van der Waals surface area contributed by atoms with Gasteiger partial charge >= 0.3 is 5.97 Å². The van der Waals surface area contributed by atoms with E-state index < -0.39 is 5.97 Å². The van der Waals surface area contributed by atoms with Gasteiger partial charge in [0.25, 0.3) is 0 Å². The molecule has 0 aliphatic rings. The summed E-state index contributed by atoms with van der Waals surface area (Å²) in [6.45, 7) is 0. The highest BCUT2D eigenvalue weighted by molar-refractivity contribution is 9.10. The number of nitrogens with zero attached hydrogens (tertiary/aromatic N) is 1. The van der Waals surface area contributed by atoms with Crippen molar-refractivity contribution < 1.29 is 9.90 Å². The summed E-state index contributed by atoms with van der Waals surface area (Å²) in [6, 6.07) is 6.72. The van der Waals surface area contributed by atoms with E-state index in [0.717, 1.165) is 4.47 Å². The molecule has 0 saturated heterocycles. The van der Waals surface area contributed by atoms with Crippen LogP contribution in [0, 0.1) is 0 Å². The van der Waals surface area contributed by atoms with Crippen molar-refractivity contribution in [2.24, 2.45) is 0 Å². The fourth-order valence-electron chi connectivity index (χ4n) is 1.42. The van der Waals surface area contributed by atoms with E-state index in [2.05, 4.69) is 26.2 Å². The Morgan fingerprint density at radius 1 is 1.33 bits per heavy atom. The third kappa shape index (κ3) is 2.80. The number of rotatable bonds is 3. The molecule has 92 valence electrons. The predicted molar refractivity (Wildman–Crippen MR) is 73.6 cm³/mol. The summed E-state index contributed by atoms with van der Waals surface area (Å²) in [5.41, 5.74) is 1.16. The van der Waals surface area contributed by atoms with Gasteiger partial charge in [-0.3, -0.25) is 4.98 Å². The first-order valence-electron chi connectivity index (χ1n) is 4.97. The molecule has 6 heteroatoms. The number of halogens is 2. The van der Waals surface area contributed by atoms with Crippen molar-refractivity contribution in [3.05, 3.63) is 51.7 Å². The lowest BCUT2D eigenvalue weighted by molar-refractivity contribution is 0.0698. The molecule has 0 unspecified atom stereocenters. The van der Waals surface area contributed by atoms with E-state index in [9.17, 15) is 4.79 Å². The van der Waals surface area contributed by atoms with Crippen LogP contribution in [0.15, 0.2) is 41.1 Å². The largest absolute Gasteiger partial charge is 0.478 e. The number of carbonyl (C=O) groups is 1. The van der Waals surface area contributed by atoms with Crippen molar-refractivity contribution in [3.8, 4) is 0 Å². The SMILES string of the molecule is O=C(O)c1ccncc1Nc1ccc(Br)cc1Cl. The fraction of sp³-hybridized carbons (Fsp3) is 0. The van der Waals surface area contributed by atoms with E-state index in [1.54, 1.807) is 12.1 Å². The van der Waals surface area contributed by atoms with E-state index >= 15 is 0 Å². The highest BCUT2D eigenvalue weighted by atomic mass is 79.9. The van der Waals surface area contributed by atoms with Gasteiger partial charge < -0.3 is 10.4 Å². The van der Waals surface area contributed by atoms with Crippen molar-refractivity contribution in [2.45, 2.75) is 0 Å². The highest BCUT2D eigenvalue weighted by Crippen LogP contribution is 2.29. The maximum Gasteiger partial charge on any atom is 0.337 e. The second-order valence-electron chi connectivity index (χ2n) is 3.48. The maximum atomic E-state index is 11.0. The van der Waals surface area contributed by atoms with Crippen LogP contribution in [0.4, 0.5) is 11.4 Å². The van der Waals surface area contributed by atoms with Crippen LogP contribution in [0.5, 0.6) is 0 Å². The van der Waals surface area contributed by atoms with E-state index in [4.69, 9.17) is 16.7 Å². The third-order valence-corrected chi connectivity index (χ3v) is 3.06. The molecule has 0 spiro atoms. The topological polar surface area (TPSA) is 62.2 Å². The van der Waals surface area contributed by atoms with Crippen LogP contribution < -0.4 is 5.32 Å². The van der Waals surface area contributed by atoms with Gasteiger partial charge in [0.2, 0.25) is 0 Å². The molecule has 0 bridgehead atoms. The number of carboxylic acids is 1. The number of aromatic carboxylic acids is 1. The van der Waals surface area contributed by atoms with Gasteiger partial charge in [0.15, 0.2) is 0 Å². The van der Waals surface area contributed by atoms with Crippen molar-refractivity contribution in [3.63, 3.8) is 0 Å². The van der Waals surface area contributed by atoms with Crippen molar-refractivity contribution >= 4 is 44.9 Å². The zero-order chi connectivity index (χ0) is 13.1. The van der Waals surface area contributed by atoms with Crippen LogP contribution in [0.1, 0.15) is 10.4 Å². The lowest BCUT2D eigenvalue weighted by atomic mass is 10.2. The predicted octanol–water partition coefficient (Wildman–Crippen LogP) is 3.94. The van der Waals surface area contributed by atoms with E-state index in [1.165, 1.54) is 18.5 Å². The Balaban J connectivity index is 2.37. The smallest absolute Gasteiger partial charge is 0.337 e. The zero-order valence-corrected chi connectivity index (χ0v) is 11.4. The normalized spacial score (nSPS) is 10.1. The average Bonchev–Trinajstić information content (AvgIpc) is 2.33. The zero-order valence-electron chi connectivity index (χ0n) is 9.02. The number of aromatic nitrogens is 1. The molecule has 1 aromatic carbocycles. The molecule has 0 amide bonds. The van der Waals surface area contributed by atoms with E-state index in [-0.39, 0.29) is 5.56 Å². The Hall–Kier alpha value is -1.59. The van der Waals surface area contributed by atoms with Crippen LogP contribution in [0.25, 0.3) is 0 Å². The number of hydrogen-bond donors (Lipinski definition) is 2. The van der Waals surface area contributed by atoms with Crippen LogP contribution in [-0.4, -0.2) is 16.1 Å². The Morgan fingerprint density at radius 2 is 2.11 bits per heavy atom. The minimum absolute atomic E-state index is 0.143. The molecule has 0 atom stereocenters. The molecule has 0 saturated carbocycles. The summed E-state index contributed by atoms with van der Waals surface area (Å²) in [7, 11) is 0. The molecule has 2 N–H and O–H groups in total. The third-order valence-electron chi connectivity index (χ3n) is 2.25. The highest BCUT2D eigenvalue weighted by Gasteiger charge is 2.11. The van der Waals surface area contributed by atoms with Crippen molar-refractivity contribution in [1.29, 1.82) is 0 Å². The van der Waals surface area contributed by atoms with Crippen LogP contribution in [-0.2, 0) is 0 Å². The Kier molecular flexibility index (Phi) is 3.84. The first-order valence-corrected chi connectivity index (χ1v) is 6.14. The van der Waals surface area contributed by atoms with E-state index in [0.29, 0.717) is 16.4 Å². The minimum atomic E-state index is -1.02. The standard InChI is InChI=1S/C12H8BrClN2O2/c13-7-1-2-10(9(14)5-7)16-11-6-15-4-3-8(11)12(17)18/h1-6,16H,(H,17,18). The second kappa shape index (κ2) is 5.37. The van der Waals surface area contributed by atoms with Crippen LogP contribution >= 0.6 is 27.5 Å². The molecular weight excluding hydrogens is 320 g/mol. The summed E-state index contributed by atoms with van der Waals surface area (Å²) < 4.78 is 0.850. The Labute approximate surface area is 117 Å².